The number of thiocarbonyl (C=S) groups is 1. The van der Waals surface area contributed by atoms with Gasteiger partial charge in [0, 0.05) is 0 Å². The lowest BCUT2D eigenvalue weighted by atomic mass is 10.1. The van der Waals surface area contributed by atoms with E-state index in [-0.39, 0.29) is 11.7 Å². The van der Waals surface area contributed by atoms with Crippen molar-refractivity contribution in [3.63, 3.8) is 0 Å². The number of thioether (sulfide) groups is 1. The lowest BCUT2D eigenvalue weighted by Gasteiger charge is -2.15. The van der Waals surface area contributed by atoms with Crippen LogP contribution in [0, 0.1) is 13.8 Å². The van der Waals surface area contributed by atoms with E-state index >= 15 is 0 Å². The fourth-order valence-corrected chi connectivity index (χ4v) is 3.58. The first-order valence-corrected chi connectivity index (χ1v) is 8.32. The molecule has 1 aliphatic rings. The molecular formula is C18H15NO2S2. The molecule has 1 saturated heterocycles. The maximum Gasteiger partial charge on any atom is 0.270 e. The summed E-state index contributed by atoms with van der Waals surface area (Å²) in [4.78, 5) is 14.8. The molecule has 3 nitrogen and oxygen atoms in total. The van der Waals surface area contributed by atoms with E-state index in [1.807, 2.05) is 32.0 Å². The van der Waals surface area contributed by atoms with Crippen LogP contribution in [0.4, 0.5) is 5.69 Å². The molecule has 0 radical (unpaired) electrons. The molecule has 1 N–H and O–H groups in total. The number of carbonyl (C=O) groups is 1. The Balaban J connectivity index is 1.93. The van der Waals surface area contributed by atoms with Crippen molar-refractivity contribution in [1.29, 1.82) is 0 Å². The predicted octanol–water partition coefficient (Wildman–Crippen LogP) is 4.41. The van der Waals surface area contributed by atoms with Crippen molar-refractivity contribution in [2.45, 2.75) is 13.8 Å². The van der Waals surface area contributed by atoms with E-state index in [0.29, 0.717) is 9.23 Å². The number of rotatable bonds is 2. The standard InChI is InChI=1S/C18H15NO2S2/c1-11-3-6-14(9-12(11)2)19-17(21)16(23-18(19)22)10-13-4-7-15(20)8-5-13/h3-10,20H,1-2H3/b16-10+. The molecular weight excluding hydrogens is 326 g/mol. The Hall–Kier alpha value is -2.11. The number of hydrogen-bond donors (Lipinski definition) is 1. The monoisotopic (exact) mass is 341 g/mol. The zero-order valence-electron chi connectivity index (χ0n) is 12.7. The van der Waals surface area contributed by atoms with Gasteiger partial charge in [0.1, 0.15) is 5.75 Å². The molecule has 0 saturated carbocycles. The summed E-state index contributed by atoms with van der Waals surface area (Å²) in [5.74, 6) is 0.0844. The van der Waals surface area contributed by atoms with Gasteiger partial charge < -0.3 is 5.11 Å². The second kappa shape index (κ2) is 6.18. The van der Waals surface area contributed by atoms with Crippen molar-refractivity contribution >= 4 is 46.0 Å². The van der Waals surface area contributed by atoms with Gasteiger partial charge in [-0.2, -0.15) is 0 Å². The van der Waals surface area contributed by atoms with E-state index in [1.54, 1.807) is 35.2 Å². The average Bonchev–Trinajstić information content (AvgIpc) is 2.79. The molecule has 0 aliphatic carbocycles. The topological polar surface area (TPSA) is 40.5 Å². The van der Waals surface area contributed by atoms with Gasteiger partial charge in [0.25, 0.3) is 5.91 Å². The summed E-state index contributed by atoms with van der Waals surface area (Å²) in [5.41, 5.74) is 3.95. The van der Waals surface area contributed by atoms with Crippen LogP contribution in [-0.2, 0) is 4.79 Å². The van der Waals surface area contributed by atoms with Gasteiger partial charge in [-0.25, -0.2) is 0 Å². The third-order valence-electron chi connectivity index (χ3n) is 3.73. The molecule has 1 heterocycles. The van der Waals surface area contributed by atoms with E-state index in [2.05, 4.69) is 0 Å². The van der Waals surface area contributed by atoms with E-state index in [9.17, 15) is 9.90 Å². The first-order valence-electron chi connectivity index (χ1n) is 7.10. The fraction of sp³-hybridized carbons (Fsp3) is 0.111. The number of hydrogen-bond acceptors (Lipinski definition) is 4. The summed E-state index contributed by atoms with van der Waals surface area (Å²) >= 11 is 6.67. The fourth-order valence-electron chi connectivity index (χ4n) is 2.28. The number of phenols is 1. The number of carbonyl (C=O) groups excluding carboxylic acids is 1. The molecule has 2 aromatic carbocycles. The molecule has 3 rings (SSSR count). The molecule has 1 fully saturated rings. The predicted molar refractivity (Wildman–Crippen MR) is 99.7 cm³/mol. The minimum absolute atomic E-state index is 0.115. The molecule has 0 spiro atoms. The molecule has 1 amide bonds. The van der Waals surface area contributed by atoms with Crippen LogP contribution < -0.4 is 4.90 Å². The Morgan fingerprint density at radius 1 is 1.09 bits per heavy atom. The highest BCUT2D eigenvalue weighted by atomic mass is 32.2. The largest absolute Gasteiger partial charge is 0.508 e. The maximum atomic E-state index is 12.7. The van der Waals surface area contributed by atoms with Crippen LogP contribution in [0.3, 0.4) is 0 Å². The van der Waals surface area contributed by atoms with Gasteiger partial charge >= 0.3 is 0 Å². The zero-order valence-corrected chi connectivity index (χ0v) is 14.4. The quantitative estimate of drug-likeness (QED) is 0.649. The Kier molecular flexibility index (Phi) is 4.24. The van der Waals surface area contributed by atoms with E-state index in [1.165, 1.54) is 17.3 Å². The number of phenolic OH excluding ortho intramolecular Hbond substituents is 1. The number of nitrogens with zero attached hydrogens (tertiary/aromatic N) is 1. The first kappa shape index (κ1) is 15.8. The third kappa shape index (κ3) is 3.16. The Labute approximate surface area is 144 Å². The molecule has 2 aromatic rings. The van der Waals surface area contributed by atoms with Crippen molar-refractivity contribution in [3.05, 3.63) is 64.1 Å². The SMILES string of the molecule is Cc1ccc(N2C(=O)/C(=C\c3ccc(O)cc3)SC2=S)cc1C. The van der Waals surface area contributed by atoms with Crippen LogP contribution >= 0.6 is 24.0 Å². The van der Waals surface area contributed by atoms with Crippen LogP contribution in [0.2, 0.25) is 0 Å². The number of benzene rings is 2. The molecule has 0 atom stereocenters. The smallest absolute Gasteiger partial charge is 0.270 e. The van der Waals surface area contributed by atoms with Gasteiger partial charge in [0.15, 0.2) is 4.32 Å². The summed E-state index contributed by atoms with van der Waals surface area (Å²) in [6.45, 7) is 4.05. The minimum Gasteiger partial charge on any atom is -0.508 e. The molecule has 116 valence electrons. The second-order valence-electron chi connectivity index (χ2n) is 5.38. The molecule has 5 heteroatoms. The van der Waals surface area contributed by atoms with Gasteiger partial charge in [-0.05, 0) is 60.9 Å². The van der Waals surface area contributed by atoms with Gasteiger partial charge in [-0.1, -0.05) is 42.2 Å². The van der Waals surface area contributed by atoms with Crippen LogP contribution in [0.5, 0.6) is 5.75 Å². The molecule has 0 aromatic heterocycles. The van der Waals surface area contributed by atoms with E-state index in [4.69, 9.17) is 12.2 Å². The van der Waals surface area contributed by atoms with Crippen molar-refractivity contribution in [2.75, 3.05) is 4.90 Å². The lowest BCUT2D eigenvalue weighted by Crippen LogP contribution is -2.27. The van der Waals surface area contributed by atoms with Gasteiger partial charge in [-0.3, -0.25) is 9.69 Å². The lowest BCUT2D eigenvalue weighted by molar-refractivity contribution is -0.113. The van der Waals surface area contributed by atoms with Crippen molar-refractivity contribution in [1.82, 2.24) is 0 Å². The van der Waals surface area contributed by atoms with Gasteiger partial charge in [-0.15, -0.1) is 0 Å². The Morgan fingerprint density at radius 3 is 2.43 bits per heavy atom. The normalized spacial score (nSPS) is 16.4. The molecule has 23 heavy (non-hydrogen) atoms. The third-order valence-corrected chi connectivity index (χ3v) is 5.04. The zero-order chi connectivity index (χ0) is 16.6. The second-order valence-corrected chi connectivity index (χ2v) is 7.05. The Bertz CT molecular complexity index is 825. The van der Waals surface area contributed by atoms with Crippen molar-refractivity contribution in [2.24, 2.45) is 0 Å². The Morgan fingerprint density at radius 2 is 1.78 bits per heavy atom. The average molecular weight is 341 g/mol. The van der Waals surface area contributed by atoms with Crippen molar-refractivity contribution in [3.8, 4) is 5.75 Å². The highest BCUT2D eigenvalue weighted by molar-refractivity contribution is 8.27. The van der Waals surface area contributed by atoms with Gasteiger partial charge in [0.05, 0.1) is 10.6 Å². The number of aryl methyl sites for hydroxylation is 2. The summed E-state index contributed by atoms with van der Waals surface area (Å²) < 4.78 is 0.531. The number of aromatic hydroxyl groups is 1. The molecule has 1 aliphatic heterocycles. The minimum atomic E-state index is -0.115. The molecule has 0 bridgehead atoms. The first-order chi connectivity index (χ1) is 11.0. The highest BCUT2D eigenvalue weighted by Gasteiger charge is 2.33. The van der Waals surface area contributed by atoms with Crippen molar-refractivity contribution < 1.29 is 9.90 Å². The summed E-state index contributed by atoms with van der Waals surface area (Å²) in [6, 6.07) is 12.6. The molecule has 0 unspecified atom stereocenters. The maximum absolute atomic E-state index is 12.7. The highest BCUT2D eigenvalue weighted by Crippen LogP contribution is 2.36. The van der Waals surface area contributed by atoms with Crippen LogP contribution in [-0.4, -0.2) is 15.3 Å². The summed E-state index contributed by atoms with van der Waals surface area (Å²) in [6.07, 6.45) is 1.79. The number of anilines is 1. The van der Waals surface area contributed by atoms with E-state index in [0.717, 1.165) is 16.8 Å². The van der Waals surface area contributed by atoms with E-state index < -0.39 is 0 Å². The van der Waals surface area contributed by atoms with Crippen LogP contribution in [0.1, 0.15) is 16.7 Å². The number of amides is 1. The summed E-state index contributed by atoms with van der Waals surface area (Å²) in [7, 11) is 0. The van der Waals surface area contributed by atoms with Gasteiger partial charge in [0.2, 0.25) is 0 Å². The summed E-state index contributed by atoms with van der Waals surface area (Å²) in [5, 5.41) is 9.33. The van der Waals surface area contributed by atoms with Crippen LogP contribution in [0.25, 0.3) is 6.08 Å². The van der Waals surface area contributed by atoms with Crippen LogP contribution in [0.15, 0.2) is 47.4 Å².